The molecule has 0 radical (unpaired) electrons. The molecule has 1 aliphatic heterocycles. The van der Waals surface area contributed by atoms with E-state index in [1.807, 2.05) is 30.3 Å². The van der Waals surface area contributed by atoms with Gasteiger partial charge in [0.1, 0.15) is 0 Å². The van der Waals surface area contributed by atoms with Crippen molar-refractivity contribution in [1.29, 1.82) is 0 Å². The minimum Gasteiger partial charge on any atom is -0.433 e. The number of hydrogen-bond donors (Lipinski definition) is 2. The number of carbonyl (C=O) groups excluding carboxylic acids is 1. The number of alkyl carbamates (subject to hydrolysis) is 1. The van der Waals surface area contributed by atoms with E-state index >= 15 is 0 Å². The topological polar surface area (TPSA) is 58.6 Å². The standard InChI is InChI=1S/C11H13NO3/c1-10(8-6-4-3-5-7-8)11(2,14)12-9(13)15-10/h3-7,14H,1-2H3,(H,12,13)/t10-,11-/m0/s1. The molecular formula is C11H13NO3. The summed E-state index contributed by atoms with van der Waals surface area (Å²) in [6.45, 7) is 3.20. The number of nitrogens with one attached hydrogen (secondary N) is 1. The van der Waals surface area contributed by atoms with E-state index in [0.717, 1.165) is 5.56 Å². The lowest BCUT2D eigenvalue weighted by molar-refractivity contribution is -0.0988. The van der Waals surface area contributed by atoms with Crippen molar-refractivity contribution in [2.24, 2.45) is 0 Å². The van der Waals surface area contributed by atoms with Gasteiger partial charge in [0, 0.05) is 5.56 Å². The predicted molar refractivity (Wildman–Crippen MR) is 54.0 cm³/mol. The van der Waals surface area contributed by atoms with Crippen molar-refractivity contribution in [3.63, 3.8) is 0 Å². The molecule has 4 heteroatoms. The van der Waals surface area contributed by atoms with Crippen LogP contribution in [0.2, 0.25) is 0 Å². The Bertz CT molecular complexity index is 388. The van der Waals surface area contributed by atoms with E-state index in [4.69, 9.17) is 4.74 Å². The average molecular weight is 207 g/mol. The van der Waals surface area contributed by atoms with Crippen LogP contribution in [0.3, 0.4) is 0 Å². The van der Waals surface area contributed by atoms with Gasteiger partial charge in [-0.25, -0.2) is 4.79 Å². The number of benzene rings is 1. The maximum atomic E-state index is 11.2. The molecular weight excluding hydrogens is 194 g/mol. The Morgan fingerprint density at radius 2 is 1.87 bits per heavy atom. The van der Waals surface area contributed by atoms with Crippen molar-refractivity contribution < 1.29 is 14.6 Å². The van der Waals surface area contributed by atoms with Gasteiger partial charge in [0.2, 0.25) is 0 Å². The third-order valence-electron chi connectivity index (χ3n) is 2.90. The highest BCUT2D eigenvalue weighted by molar-refractivity contribution is 5.72. The molecule has 1 aromatic rings. The second kappa shape index (κ2) is 2.97. The second-order valence-electron chi connectivity index (χ2n) is 3.99. The van der Waals surface area contributed by atoms with Crippen LogP contribution >= 0.6 is 0 Å². The Kier molecular flexibility index (Phi) is 1.98. The summed E-state index contributed by atoms with van der Waals surface area (Å²) in [5.74, 6) is 0. The molecule has 1 aliphatic rings. The van der Waals surface area contributed by atoms with Crippen LogP contribution in [0, 0.1) is 0 Å². The SMILES string of the molecule is C[C@@]1(c2ccccc2)OC(=O)N[C@@]1(C)O. The Hall–Kier alpha value is -1.55. The number of carbonyl (C=O) groups is 1. The fraction of sp³-hybridized carbons (Fsp3) is 0.364. The first-order valence-corrected chi connectivity index (χ1v) is 4.75. The third kappa shape index (κ3) is 1.37. The van der Waals surface area contributed by atoms with Gasteiger partial charge in [-0.05, 0) is 13.8 Å². The van der Waals surface area contributed by atoms with Crippen LogP contribution < -0.4 is 5.32 Å². The zero-order valence-corrected chi connectivity index (χ0v) is 8.65. The molecule has 0 unspecified atom stereocenters. The van der Waals surface area contributed by atoms with Gasteiger partial charge in [-0.3, -0.25) is 5.32 Å². The summed E-state index contributed by atoms with van der Waals surface area (Å²) >= 11 is 0. The molecule has 0 bridgehead atoms. The van der Waals surface area contributed by atoms with Gasteiger partial charge < -0.3 is 9.84 Å². The monoisotopic (exact) mass is 207 g/mol. The van der Waals surface area contributed by atoms with Crippen molar-refractivity contribution in [2.75, 3.05) is 0 Å². The van der Waals surface area contributed by atoms with Gasteiger partial charge in [-0.2, -0.15) is 0 Å². The van der Waals surface area contributed by atoms with E-state index < -0.39 is 17.4 Å². The molecule has 2 rings (SSSR count). The van der Waals surface area contributed by atoms with Gasteiger partial charge >= 0.3 is 6.09 Å². The summed E-state index contributed by atoms with van der Waals surface area (Å²) in [5.41, 5.74) is -1.69. The molecule has 2 N–H and O–H groups in total. The number of ether oxygens (including phenoxy) is 1. The van der Waals surface area contributed by atoms with Crippen molar-refractivity contribution in [1.82, 2.24) is 5.32 Å². The zero-order valence-electron chi connectivity index (χ0n) is 8.65. The highest BCUT2D eigenvalue weighted by atomic mass is 16.6. The lowest BCUT2D eigenvalue weighted by Crippen LogP contribution is -2.51. The minimum absolute atomic E-state index is 0.605. The predicted octanol–water partition coefficient (Wildman–Crippen LogP) is 1.35. The highest BCUT2D eigenvalue weighted by Gasteiger charge is 2.55. The van der Waals surface area contributed by atoms with Crippen LogP contribution in [-0.4, -0.2) is 16.9 Å². The normalized spacial score (nSPS) is 34.7. The molecule has 4 nitrogen and oxygen atoms in total. The van der Waals surface area contributed by atoms with Gasteiger partial charge in [0.15, 0.2) is 11.3 Å². The van der Waals surface area contributed by atoms with Gasteiger partial charge in [0.25, 0.3) is 0 Å². The van der Waals surface area contributed by atoms with E-state index in [1.165, 1.54) is 6.92 Å². The summed E-state index contributed by atoms with van der Waals surface area (Å²) in [7, 11) is 0. The Labute approximate surface area is 87.9 Å². The zero-order chi connectivity index (χ0) is 11.1. The first-order valence-electron chi connectivity index (χ1n) is 4.75. The van der Waals surface area contributed by atoms with Crippen molar-refractivity contribution in [2.45, 2.75) is 25.2 Å². The van der Waals surface area contributed by atoms with E-state index in [-0.39, 0.29) is 0 Å². The number of aliphatic hydroxyl groups is 1. The number of cyclic esters (lactones) is 1. The Balaban J connectivity index is 2.47. The second-order valence-corrected chi connectivity index (χ2v) is 3.99. The summed E-state index contributed by atoms with van der Waals surface area (Å²) < 4.78 is 5.15. The van der Waals surface area contributed by atoms with Crippen LogP contribution in [0.5, 0.6) is 0 Å². The van der Waals surface area contributed by atoms with Crippen LogP contribution in [0.4, 0.5) is 4.79 Å². The number of hydrogen-bond acceptors (Lipinski definition) is 3. The van der Waals surface area contributed by atoms with Crippen molar-refractivity contribution in [3.05, 3.63) is 35.9 Å². The minimum atomic E-state index is -1.40. The van der Waals surface area contributed by atoms with Crippen LogP contribution in [-0.2, 0) is 10.3 Å². The first kappa shape index (κ1) is 9.98. The molecule has 1 amide bonds. The number of rotatable bonds is 1. The molecule has 1 aromatic carbocycles. The summed E-state index contributed by atoms with van der Waals surface area (Å²) in [6.07, 6.45) is -0.605. The molecule has 0 aromatic heterocycles. The average Bonchev–Trinajstić information content (AvgIpc) is 2.38. The molecule has 15 heavy (non-hydrogen) atoms. The molecule has 0 aliphatic carbocycles. The fourth-order valence-electron chi connectivity index (χ4n) is 1.72. The maximum Gasteiger partial charge on any atom is 0.410 e. The lowest BCUT2D eigenvalue weighted by atomic mass is 9.87. The quantitative estimate of drug-likeness (QED) is 0.730. The summed E-state index contributed by atoms with van der Waals surface area (Å²) in [4.78, 5) is 11.2. The lowest BCUT2D eigenvalue weighted by Gasteiger charge is -2.33. The van der Waals surface area contributed by atoms with Crippen molar-refractivity contribution >= 4 is 6.09 Å². The molecule has 0 saturated carbocycles. The Morgan fingerprint density at radius 3 is 2.33 bits per heavy atom. The van der Waals surface area contributed by atoms with Gasteiger partial charge in [0.05, 0.1) is 0 Å². The maximum absolute atomic E-state index is 11.2. The molecule has 1 heterocycles. The summed E-state index contributed by atoms with van der Waals surface area (Å²) in [5, 5.41) is 12.5. The van der Waals surface area contributed by atoms with E-state index in [1.54, 1.807) is 6.92 Å². The van der Waals surface area contributed by atoms with Crippen LogP contribution in [0.15, 0.2) is 30.3 Å². The van der Waals surface area contributed by atoms with E-state index in [0.29, 0.717) is 0 Å². The van der Waals surface area contributed by atoms with E-state index in [9.17, 15) is 9.90 Å². The van der Waals surface area contributed by atoms with Gasteiger partial charge in [-0.1, -0.05) is 30.3 Å². The molecule has 1 saturated heterocycles. The molecule has 80 valence electrons. The Morgan fingerprint density at radius 1 is 1.27 bits per heavy atom. The van der Waals surface area contributed by atoms with Gasteiger partial charge in [-0.15, -0.1) is 0 Å². The molecule has 1 fully saturated rings. The van der Waals surface area contributed by atoms with Crippen molar-refractivity contribution in [3.8, 4) is 0 Å². The number of amides is 1. The summed E-state index contributed by atoms with van der Waals surface area (Å²) in [6, 6.07) is 9.17. The highest BCUT2D eigenvalue weighted by Crippen LogP contribution is 2.38. The van der Waals surface area contributed by atoms with Crippen LogP contribution in [0.1, 0.15) is 19.4 Å². The molecule has 2 atom stereocenters. The first-order chi connectivity index (χ1) is 6.96. The fourth-order valence-corrected chi connectivity index (χ4v) is 1.72. The molecule has 0 spiro atoms. The third-order valence-corrected chi connectivity index (χ3v) is 2.90. The largest absolute Gasteiger partial charge is 0.433 e. The smallest absolute Gasteiger partial charge is 0.410 e. The van der Waals surface area contributed by atoms with Crippen LogP contribution in [0.25, 0.3) is 0 Å². The van der Waals surface area contributed by atoms with E-state index in [2.05, 4.69) is 5.32 Å².